The van der Waals surface area contributed by atoms with Crippen LogP contribution in [0, 0.1) is 6.92 Å². The van der Waals surface area contributed by atoms with Crippen molar-refractivity contribution in [1.82, 2.24) is 4.57 Å². The minimum absolute atomic E-state index is 0.0488. The lowest BCUT2D eigenvalue weighted by atomic mass is 10.1. The van der Waals surface area contributed by atoms with E-state index in [-0.39, 0.29) is 23.8 Å². The Morgan fingerprint density at radius 1 is 1.21 bits per heavy atom. The molecule has 0 spiro atoms. The molecule has 0 aliphatic carbocycles. The molecule has 2 heterocycles. The van der Waals surface area contributed by atoms with Crippen molar-refractivity contribution in [2.75, 3.05) is 11.9 Å². The zero-order chi connectivity index (χ0) is 17.4. The number of ether oxygens (including phenoxy) is 1. The number of benzene rings is 1. The Morgan fingerprint density at radius 2 is 1.96 bits per heavy atom. The molecule has 0 N–H and O–H groups in total. The largest absolute Gasteiger partial charge is 0.479 e. The van der Waals surface area contributed by atoms with Gasteiger partial charge in [0.15, 0.2) is 11.9 Å². The van der Waals surface area contributed by atoms with Crippen molar-refractivity contribution in [3.63, 3.8) is 0 Å². The quantitative estimate of drug-likeness (QED) is 0.806. The Balaban J connectivity index is 1.89. The maximum atomic E-state index is 12.5. The number of anilines is 1. The van der Waals surface area contributed by atoms with Crippen LogP contribution in [0.5, 0.6) is 5.75 Å². The molecule has 1 atom stereocenters. The Labute approximate surface area is 139 Å². The Kier molecular flexibility index (Phi) is 3.97. The second-order valence-electron chi connectivity index (χ2n) is 5.93. The second-order valence-corrected chi connectivity index (χ2v) is 5.93. The standard InChI is InChI=1S/C18H18N2O4/c1-11-6-7-20(17(22)8-11)10-15(21)13-4-5-16-14(9-13)19(3)18(23)12(2)24-16/h4-9,12H,10H2,1-3H3. The van der Waals surface area contributed by atoms with Gasteiger partial charge in [-0.3, -0.25) is 14.4 Å². The second kappa shape index (κ2) is 5.96. The van der Waals surface area contributed by atoms with Gasteiger partial charge in [0, 0.05) is 24.9 Å². The molecule has 6 nitrogen and oxygen atoms in total. The van der Waals surface area contributed by atoms with Crippen LogP contribution in [0.25, 0.3) is 0 Å². The van der Waals surface area contributed by atoms with E-state index in [1.54, 1.807) is 44.4 Å². The molecule has 1 aromatic heterocycles. The zero-order valence-electron chi connectivity index (χ0n) is 13.8. The van der Waals surface area contributed by atoms with Gasteiger partial charge in [-0.1, -0.05) is 0 Å². The Morgan fingerprint density at radius 3 is 2.67 bits per heavy atom. The summed E-state index contributed by atoms with van der Waals surface area (Å²) in [5, 5.41) is 0. The van der Waals surface area contributed by atoms with Crippen molar-refractivity contribution < 1.29 is 14.3 Å². The van der Waals surface area contributed by atoms with E-state index < -0.39 is 6.10 Å². The molecule has 0 saturated heterocycles. The van der Waals surface area contributed by atoms with Crippen molar-refractivity contribution in [2.24, 2.45) is 0 Å². The lowest BCUT2D eigenvalue weighted by Crippen LogP contribution is -2.42. The van der Waals surface area contributed by atoms with Gasteiger partial charge in [-0.05, 0) is 43.7 Å². The van der Waals surface area contributed by atoms with Gasteiger partial charge in [-0.15, -0.1) is 0 Å². The number of rotatable bonds is 3. The van der Waals surface area contributed by atoms with E-state index in [0.717, 1.165) is 5.56 Å². The molecule has 0 radical (unpaired) electrons. The van der Waals surface area contributed by atoms with Crippen molar-refractivity contribution in [3.05, 3.63) is 58.0 Å². The number of hydrogen-bond donors (Lipinski definition) is 0. The Hall–Kier alpha value is -2.89. The topological polar surface area (TPSA) is 68.6 Å². The van der Waals surface area contributed by atoms with Crippen LogP contribution in [-0.4, -0.2) is 29.4 Å². The van der Waals surface area contributed by atoms with Crippen LogP contribution in [0.3, 0.4) is 0 Å². The first-order valence-corrected chi connectivity index (χ1v) is 7.65. The highest BCUT2D eigenvalue weighted by atomic mass is 16.5. The van der Waals surface area contributed by atoms with Gasteiger partial charge in [0.2, 0.25) is 0 Å². The molecular formula is C18H18N2O4. The normalized spacial score (nSPS) is 16.5. The average Bonchev–Trinajstić information content (AvgIpc) is 2.55. The number of amides is 1. The number of pyridine rings is 1. The van der Waals surface area contributed by atoms with Gasteiger partial charge in [0.05, 0.1) is 12.2 Å². The minimum Gasteiger partial charge on any atom is -0.479 e. The van der Waals surface area contributed by atoms with E-state index in [4.69, 9.17) is 4.74 Å². The van der Waals surface area contributed by atoms with Crippen LogP contribution in [0.4, 0.5) is 5.69 Å². The van der Waals surface area contributed by atoms with E-state index in [2.05, 4.69) is 0 Å². The summed E-state index contributed by atoms with van der Waals surface area (Å²) in [4.78, 5) is 37.9. The van der Waals surface area contributed by atoms with Crippen molar-refractivity contribution in [1.29, 1.82) is 0 Å². The highest BCUT2D eigenvalue weighted by Gasteiger charge is 2.29. The van der Waals surface area contributed by atoms with Gasteiger partial charge in [0.1, 0.15) is 5.75 Å². The summed E-state index contributed by atoms with van der Waals surface area (Å²) < 4.78 is 6.91. The van der Waals surface area contributed by atoms with E-state index in [1.807, 2.05) is 6.92 Å². The van der Waals surface area contributed by atoms with Crippen LogP contribution in [0.1, 0.15) is 22.8 Å². The number of likely N-dealkylation sites (N-methyl/N-ethyl adjacent to an activating group) is 1. The smallest absolute Gasteiger partial charge is 0.267 e. The zero-order valence-corrected chi connectivity index (χ0v) is 13.8. The van der Waals surface area contributed by atoms with Crippen molar-refractivity contribution in [3.8, 4) is 5.75 Å². The number of fused-ring (bicyclic) bond motifs is 1. The fourth-order valence-electron chi connectivity index (χ4n) is 2.67. The van der Waals surface area contributed by atoms with Crippen LogP contribution in [-0.2, 0) is 11.3 Å². The van der Waals surface area contributed by atoms with E-state index in [0.29, 0.717) is 17.0 Å². The fourth-order valence-corrected chi connectivity index (χ4v) is 2.67. The molecule has 1 aliphatic heterocycles. The average molecular weight is 326 g/mol. The predicted molar refractivity (Wildman–Crippen MR) is 89.7 cm³/mol. The monoisotopic (exact) mass is 326 g/mol. The number of aryl methyl sites for hydroxylation is 1. The number of nitrogens with zero attached hydrogens (tertiary/aromatic N) is 2. The van der Waals surface area contributed by atoms with E-state index >= 15 is 0 Å². The third kappa shape index (κ3) is 2.82. The Bertz CT molecular complexity index is 885. The molecule has 0 saturated carbocycles. The molecule has 1 aromatic carbocycles. The summed E-state index contributed by atoms with van der Waals surface area (Å²) in [6.07, 6.45) is 1.06. The third-order valence-corrected chi connectivity index (χ3v) is 4.09. The van der Waals surface area contributed by atoms with Gasteiger partial charge in [-0.25, -0.2) is 0 Å². The summed E-state index contributed by atoms with van der Waals surface area (Å²) in [5.74, 6) is 0.193. The first kappa shape index (κ1) is 16.0. The number of Topliss-reactive ketones (excluding diaryl/α,β-unsaturated/α-hetero) is 1. The predicted octanol–water partition coefficient (Wildman–Crippen LogP) is 1.78. The molecule has 6 heteroatoms. The molecule has 1 aliphatic rings. The molecule has 0 fully saturated rings. The number of carbonyl (C=O) groups is 2. The lowest BCUT2D eigenvalue weighted by Gasteiger charge is -2.30. The van der Waals surface area contributed by atoms with Gasteiger partial charge in [-0.2, -0.15) is 0 Å². The van der Waals surface area contributed by atoms with Gasteiger partial charge in [0.25, 0.3) is 11.5 Å². The lowest BCUT2D eigenvalue weighted by molar-refractivity contribution is -0.125. The highest BCUT2D eigenvalue weighted by molar-refractivity contribution is 6.02. The first-order valence-electron chi connectivity index (χ1n) is 7.65. The van der Waals surface area contributed by atoms with Crippen LogP contribution in [0.15, 0.2) is 41.3 Å². The summed E-state index contributed by atoms with van der Waals surface area (Å²) in [7, 11) is 1.65. The van der Waals surface area contributed by atoms with Crippen molar-refractivity contribution in [2.45, 2.75) is 26.5 Å². The summed E-state index contributed by atoms with van der Waals surface area (Å²) in [5.41, 5.74) is 1.62. The van der Waals surface area contributed by atoms with Gasteiger partial charge < -0.3 is 14.2 Å². The summed E-state index contributed by atoms with van der Waals surface area (Å²) in [6.45, 7) is 3.46. The SMILES string of the molecule is Cc1ccn(CC(=O)c2ccc3c(c2)N(C)C(=O)C(C)O3)c(=O)c1. The van der Waals surface area contributed by atoms with Crippen LogP contribution < -0.4 is 15.2 Å². The minimum atomic E-state index is -0.546. The molecular weight excluding hydrogens is 308 g/mol. The van der Waals surface area contributed by atoms with E-state index in [1.165, 1.54) is 15.5 Å². The molecule has 1 amide bonds. The molecule has 2 aromatic rings. The molecule has 0 bridgehead atoms. The highest BCUT2D eigenvalue weighted by Crippen LogP contribution is 2.34. The molecule has 124 valence electrons. The third-order valence-electron chi connectivity index (χ3n) is 4.09. The maximum absolute atomic E-state index is 12.5. The van der Waals surface area contributed by atoms with Gasteiger partial charge >= 0.3 is 0 Å². The fraction of sp³-hybridized carbons (Fsp3) is 0.278. The maximum Gasteiger partial charge on any atom is 0.267 e. The summed E-state index contributed by atoms with van der Waals surface area (Å²) >= 11 is 0. The molecule has 24 heavy (non-hydrogen) atoms. The number of carbonyl (C=O) groups excluding carboxylic acids is 2. The molecule has 1 unspecified atom stereocenters. The van der Waals surface area contributed by atoms with Crippen molar-refractivity contribution >= 4 is 17.4 Å². The van der Waals surface area contributed by atoms with Crippen LogP contribution >= 0.6 is 0 Å². The molecule has 3 rings (SSSR count). The van der Waals surface area contributed by atoms with Crippen LogP contribution in [0.2, 0.25) is 0 Å². The summed E-state index contributed by atoms with van der Waals surface area (Å²) in [6, 6.07) is 8.22. The number of ketones is 1. The van der Waals surface area contributed by atoms with E-state index in [9.17, 15) is 14.4 Å². The number of hydrogen-bond acceptors (Lipinski definition) is 4. The first-order chi connectivity index (χ1) is 11.4. The number of aromatic nitrogens is 1.